The van der Waals surface area contributed by atoms with Crippen LogP contribution in [0.4, 0.5) is 0 Å². The average Bonchev–Trinajstić information content (AvgIpc) is 2.87. The molecule has 21 heavy (non-hydrogen) atoms. The van der Waals surface area contributed by atoms with Crippen molar-refractivity contribution in [1.29, 1.82) is 0 Å². The summed E-state index contributed by atoms with van der Waals surface area (Å²) in [4.78, 5) is 0. The monoisotopic (exact) mass is 278 g/mol. The molecule has 0 aliphatic carbocycles. The summed E-state index contributed by atoms with van der Waals surface area (Å²) in [6, 6.07) is 18.3. The van der Waals surface area contributed by atoms with Gasteiger partial charge in [0.25, 0.3) is 0 Å². The lowest BCUT2D eigenvalue weighted by atomic mass is 9.98. The highest BCUT2D eigenvalue weighted by atomic mass is 16.5. The van der Waals surface area contributed by atoms with Crippen LogP contribution in [0.15, 0.2) is 60.7 Å². The van der Waals surface area contributed by atoms with Crippen molar-refractivity contribution in [3.63, 3.8) is 0 Å². The first-order chi connectivity index (χ1) is 10.4. The summed E-state index contributed by atoms with van der Waals surface area (Å²) in [6.07, 6.45) is 6.45. The predicted molar refractivity (Wildman–Crippen MR) is 83.4 cm³/mol. The first-order valence-electron chi connectivity index (χ1n) is 7.56. The van der Waals surface area contributed by atoms with Crippen molar-refractivity contribution < 1.29 is 9.47 Å². The Morgan fingerprint density at radius 2 is 1.62 bits per heavy atom. The maximum absolute atomic E-state index is 5.85. The van der Waals surface area contributed by atoms with Crippen molar-refractivity contribution in [2.24, 2.45) is 0 Å². The topological polar surface area (TPSA) is 18.5 Å². The molecule has 2 aliphatic rings. The molecule has 0 saturated carbocycles. The Morgan fingerprint density at radius 1 is 0.857 bits per heavy atom. The minimum absolute atomic E-state index is 0.332. The van der Waals surface area contributed by atoms with Crippen LogP contribution < -0.4 is 4.74 Å². The molecule has 2 nitrogen and oxygen atoms in total. The van der Waals surface area contributed by atoms with E-state index in [2.05, 4.69) is 18.2 Å². The molecule has 2 aliphatic heterocycles. The molecule has 2 heteroatoms. The summed E-state index contributed by atoms with van der Waals surface area (Å²) in [5.41, 5.74) is 2.70. The van der Waals surface area contributed by atoms with Gasteiger partial charge in [-0.15, -0.1) is 0 Å². The maximum Gasteiger partial charge on any atom is 0.127 e. The van der Waals surface area contributed by atoms with Crippen molar-refractivity contribution >= 4 is 5.57 Å². The Bertz CT molecular complexity index is 643. The normalized spacial score (nSPS) is 23.7. The van der Waals surface area contributed by atoms with Crippen LogP contribution in [0.3, 0.4) is 0 Å². The number of hydrogen-bond donors (Lipinski definition) is 0. The fourth-order valence-electron chi connectivity index (χ4n) is 3.12. The number of para-hydroxylation sites is 1. The molecule has 0 N–H and O–H groups in total. The first-order valence-corrected chi connectivity index (χ1v) is 7.56. The van der Waals surface area contributed by atoms with Crippen molar-refractivity contribution in [2.75, 3.05) is 0 Å². The number of hydrogen-bond acceptors (Lipinski definition) is 2. The van der Waals surface area contributed by atoms with Crippen LogP contribution in [-0.4, -0.2) is 12.2 Å². The third-order valence-corrected chi connectivity index (χ3v) is 4.18. The molecule has 2 heterocycles. The van der Waals surface area contributed by atoms with Crippen LogP contribution in [0.1, 0.15) is 24.8 Å². The van der Waals surface area contributed by atoms with E-state index in [1.165, 1.54) is 24.0 Å². The second-order valence-electron chi connectivity index (χ2n) is 5.71. The first kappa shape index (κ1) is 12.7. The van der Waals surface area contributed by atoms with Crippen LogP contribution in [0.2, 0.25) is 0 Å². The molecule has 2 unspecified atom stereocenters. The summed E-state index contributed by atoms with van der Waals surface area (Å²) in [5, 5.41) is 0. The van der Waals surface area contributed by atoms with Gasteiger partial charge in [0, 0.05) is 0 Å². The van der Waals surface area contributed by atoms with E-state index in [4.69, 9.17) is 9.47 Å². The lowest BCUT2D eigenvalue weighted by molar-refractivity contribution is 0.0671. The molecule has 0 amide bonds. The fraction of sp³-hybridized carbons (Fsp3) is 0.263. The summed E-state index contributed by atoms with van der Waals surface area (Å²) in [5.74, 6) is 1.74. The predicted octanol–water partition coefficient (Wildman–Crippen LogP) is 4.81. The summed E-state index contributed by atoms with van der Waals surface area (Å²) < 4.78 is 11.7. The van der Waals surface area contributed by atoms with Gasteiger partial charge in [0.05, 0.1) is 12.2 Å². The van der Waals surface area contributed by atoms with Crippen molar-refractivity contribution in [3.8, 4) is 11.5 Å². The molecule has 2 atom stereocenters. The zero-order chi connectivity index (χ0) is 14.1. The lowest BCUT2D eigenvalue weighted by Gasteiger charge is -2.20. The van der Waals surface area contributed by atoms with E-state index in [1.54, 1.807) is 0 Å². The van der Waals surface area contributed by atoms with Crippen LogP contribution in [0, 0.1) is 0 Å². The zero-order valence-electron chi connectivity index (χ0n) is 11.9. The molecular weight excluding hydrogens is 260 g/mol. The third-order valence-electron chi connectivity index (χ3n) is 4.18. The fourth-order valence-corrected chi connectivity index (χ4v) is 3.12. The van der Waals surface area contributed by atoms with E-state index in [0.717, 1.165) is 17.9 Å². The average molecular weight is 278 g/mol. The van der Waals surface area contributed by atoms with Gasteiger partial charge in [-0.3, -0.25) is 0 Å². The van der Waals surface area contributed by atoms with Gasteiger partial charge >= 0.3 is 0 Å². The number of fused-ring (bicyclic) bond motifs is 2. The van der Waals surface area contributed by atoms with E-state index >= 15 is 0 Å². The molecule has 1 saturated heterocycles. The molecule has 2 aromatic rings. The SMILES string of the molecule is C1=C(c2ccc(Oc3ccccc3)cc2)CC2CCC1O2. The van der Waals surface area contributed by atoms with Crippen molar-refractivity contribution in [3.05, 3.63) is 66.2 Å². The minimum atomic E-state index is 0.332. The van der Waals surface area contributed by atoms with Gasteiger partial charge in [-0.25, -0.2) is 0 Å². The Kier molecular flexibility index (Phi) is 3.24. The Labute approximate surface area is 125 Å². The second kappa shape index (κ2) is 5.38. The highest BCUT2D eigenvalue weighted by Crippen LogP contribution is 2.36. The molecule has 2 aromatic carbocycles. The van der Waals surface area contributed by atoms with Crippen LogP contribution in [0.25, 0.3) is 5.57 Å². The highest BCUT2D eigenvalue weighted by molar-refractivity contribution is 5.68. The maximum atomic E-state index is 5.85. The van der Waals surface area contributed by atoms with Crippen molar-refractivity contribution in [2.45, 2.75) is 31.5 Å². The van der Waals surface area contributed by atoms with Gasteiger partial charge in [-0.2, -0.15) is 0 Å². The molecule has 0 radical (unpaired) electrons. The molecular formula is C19H18O2. The van der Waals surface area contributed by atoms with Gasteiger partial charge in [0.15, 0.2) is 0 Å². The van der Waals surface area contributed by atoms with Crippen molar-refractivity contribution in [1.82, 2.24) is 0 Å². The third kappa shape index (κ3) is 2.72. The second-order valence-corrected chi connectivity index (χ2v) is 5.71. The zero-order valence-corrected chi connectivity index (χ0v) is 11.9. The number of rotatable bonds is 3. The number of benzene rings is 2. The van der Waals surface area contributed by atoms with Gasteiger partial charge in [0.1, 0.15) is 11.5 Å². The summed E-state index contributed by atoms with van der Waals surface area (Å²) in [6.45, 7) is 0. The standard InChI is InChI=1S/C19H18O2/c1-2-4-16(5-3-1)20-17-8-6-14(7-9-17)15-12-18-10-11-19(13-15)21-18/h1-9,12,18-19H,10-11,13H2. The Morgan fingerprint density at radius 3 is 2.38 bits per heavy atom. The van der Waals surface area contributed by atoms with Crippen LogP contribution >= 0.6 is 0 Å². The Hall–Kier alpha value is -2.06. The molecule has 1 fully saturated rings. The molecule has 4 rings (SSSR count). The highest BCUT2D eigenvalue weighted by Gasteiger charge is 2.29. The molecule has 0 aromatic heterocycles. The van der Waals surface area contributed by atoms with E-state index in [0.29, 0.717) is 12.2 Å². The quantitative estimate of drug-likeness (QED) is 0.802. The Balaban J connectivity index is 1.51. The largest absolute Gasteiger partial charge is 0.457 e. The number of ether oxygens (including phenoxy) is 2. The van der Waals surface area contributed by atoms with Crippen LogP contribution in [0.5, 0.6) is 11.5 Å². The van der Waals surface area contributed by atoms with Gasteiger partial charge in [0.2, 0.25) is 0 Å². The molecule has 106 valence electrons. The summed E-state index contributed by atoms with van der Waals surface area (Å²) >= 11 is 0. The van der Waals surface area contributed by atoms with E-state index in [1.807, 2.05) is 42.5 Å². The lowest BCUT2D eigenvalue weighted by Crippen LogP contribution is -2.15. The molecule has 0 spiro atoms. The van der Waals surface area contributed by atoms with Gasteiger partial charge in [-0.05, 0) is 54.7 Å². The minimum Gasteiger partial charge on any atom is -0.457 e. The van der Waals surface area contributed by atoms with Gasteiger partial charge < -0.3 is 9.47 Å². The smallest absolute Gasteiger partial charge is 0.127 e. The van der Waals surface area contributed by atoms with E-state index < -0.39 is 0 Å². The van der Waals surface area contributed by atoms with E-state index in [9.17, 15) is 0 Å². The molecule has 2 bridgehead atoms. The van der Waals surface area contributed by atoms with Crippen LogP contribution in [-0.2, 0) is 4.74 Å². The van der Waals surface area contributed by atoms with E-state index in [-0.39, 0.29) is 0 Å². The summed E-state index contributed by atoms with van der Waals surface area (Å²) in [7, 11) is 0. The van der Waals surface area contributed by atoms with Gasteiger partial charge in [-0.1, -0.05) is 36.4 Å².